The number of sulfonamides is 1. The maximum atomic E-state index is 12.5. The van der Waals surface area contributed by atoms with Crippen molar-refractivity contribution in [1.82, 2.24) is 0 Å². The number of amides is 1. The molecule has 6 nitrogen and oxygen atoms in total. The third-order valence-electron chi connectivity index (χ3n) is 4.07. The van der Waals surface area contributed by atoms with Crippen LogP contribution in [0.1, 0.15) is 23.2 Å². The first-order chi connectivity index (χ1) is 12.0. The SMILES string of the molecule is COc1cccc(NC(=O)c2cccc(N3CCCCS3(=O)=O)c2)c1. The number of carbonyl (C=O) groups excluding carboxylic acids is 1. The molecule has 2 aromatic rings. The minimum Gasteiger partial charge on any atom is -0.497 e. The normalized spacial score (nSPS) is 16.3. The standard InChI is InChI=1S/C18H20N2O4S/c1-24-17-9-5-7-15(13-17)19-18(21)14-6-4-8-16(12-14)20-10-2-3-11-25(20,22)23/h4-9,12-13H,2-3,10-11H2,1H3,(H,19,21). The predicted molar refractivity (Wildman–Crippen MR) is 97.8 cm³/mol. The van der Waals surface area contributed by atoms with Gasteiger partial charge in [0.1, 0.15) is 5.75 Å². The van der Waals surface area contributed by atoms with E-state index in [1.54, 1.807) is 55.6 Å². The fourth-order valence-electron chi connectivity index (χ4n) is 2.79. The van der Waals surface area contributed by atoms with E-state index >= 15 is 0 Å². The van der Waals surface area contributed by atoms with Crippen molar-refractivity contribution in [1.29, 1.82) is 0 Å². The number of methoxy groups -OCH3 is 1. The summed E-state index contributed by atoms with van der Waals surface area (Å²) < 4.78 is 31.0. The molecule has 1 heterocycles. The molecular formula is C18H20N2O4S. The summed E-state index contributed by atoms with van der Waals surface area (Å²) >= 11 is 0. The molecule has 0 saturated carbocycles. The first kappa shape index (κ1) is 17.3. The van der Waals surface area contributed by atoms with Crippen LogP contribution in [-0.4, -0.2) is 33.7 Å². The molecule has 132 valence electrons. The molecule has 0 aliphatic carbocycles. The van der Waals surface area contributed by atoms with Gasteiger partial charge in [-0.1, -0.05) is 12.1 Å². The van der Waals surface area contributed by atoms with E-state index in [0.29, 0.717) is 35.7 Å². The van der Waals surface area contributed by atoms with Crippen molar-refractivity contribution in [3.05, 3.63) is 54.1 Å². The molecule has 1 saturated heterocycles. The Bertz CT molecular complexity index is 880. The molecule has 25 heavy (non-hydrogen) atoms. The zero-order chi connectivity index (χ0) is 17.9. The molecule has 0 unspecified atom stereocenters. The first-order valence-corrected chi connectivity index (χ1v) is 9.66. The second-order valence-electron chi connectivity index (χ2n) is 5.83. The van der Waals surface area contributed by atoms with Crippen LogP contribution in [0.15, 0.2) is 48.5 Å². The third-order valence-corrected chi connectivity index (χ3v) is 5.94. The van der Waals surface area contributed by atoms with Gasteiger partial charge in [-0.05, 0) is 43.2 Å². The Morgan fingerprint density at radius 3 is 2.68 bits per heavy atom. The lowest BCUT2D eigenvalue weighted by atomic mass is 10.1. The summed E-state index contributed by atoms with van der Waals surface area (Å²) in [6, 6.07) is 13.7. The molecule has 1 N–H and O–H groups in total. The zero-order valence-corrected chi connectivity index (χ0v) is 14.8. The predicted octanol–water partition coefficient (Wildman–Crippen LogP) is 2.88. The van der Waals surface area contributed by atoms with E-state index in [2.05, 4.69) is 5.32 Å². The van der Waals surface area contributed by atoms with Crippen LogP contribution in [0.2, 0.25) is 0 Å². The smallest absolute Gasteiger partial charge is 0.255 e. The van der Waals surface area contributed by atoms with Gasteiger partial charge in [-0.25, -0.2) is 8.42 Å². The van der Waals surface area contributed by atoms with Gasteiger partial charge >= 0.3 is 0 Å². The van der Waals surface area contributed by atoms with Crippen LogP contribution in [-0.2, 0) is 10.0 Å². The van der Waals surface area contributed by atoms with E-state index in [0.717, 1.165) is 6.42 Å². The molecule has 0 radical (unpaired) electrons. The van der Waals surface area contributed by atoms with Gasteiger partial charge in [0.25, 0.3) is 5.91 Å². The summed E-state index contributed by atoms with van der Waals surface area (Å²) in [7, 11) is -1.74. The van der Waals surface area contributed by atoms with E-state index in [-0.39, 0.29) is 11.7 Å². The molecular weight excluding hydrogens is 340 g/mol. The summed E-state index contributed by atoms with van der Waals surface area (Å²) in [5.41, 5.74) is 1.54. The minimum absolute atomic E-state index is 0.146. The Hall–Kier alpha value is -2.54. The van der Waals surface area contributed by atoms with Gasteiger partial charge in [-0.15, -0.1) is 0 Å². The lowest BCUT2D eigenvalue weighted by Crippen LogP contribution is -2.37. The topological polar surface area (TPSA) is 75.7 Å². The summed E-state index contributed by atoms with van der Waals surface area (Å²) in [4.78, 5) is 12.5. The minimum atomic E-state index is -3.30. The Kier molecular flexibility index (Phi) is 4.94. The van der Waals surface area contributed by atoms with Crippen molar-refractivity contribution in [2.45, 2.75) is 12.8 Å². The Morgan fingerprint density at radius 2 is 1.92 bits per heavy atom. The highest BCUT2D eigenvalue weighted by atomic mass is 32.2. The van der Waals surface area contributed by atoms with Gasteiger partial charge in [-0.3, -0.25) is 9.10 Å². The van der Waals surface area contributed by atoms with E-state index < -0.39 is 10.0 Å². The lowest BCUT2D eigenvalue weighted by molar-refractivity contribution is 0.102. The Labute approximate surface area is 147 Å². The number of carbonyl (C=O) groups is 1. The lowest BCUT2D eigenvalue weighted by Gasteiger charge is -2.28. The molecule has 7 heteroatoms. The second kappa shape index (κ2) is 7.14. The van der Waals surface area contributed by atoms with Gasteiger partial charge < -0.3 is 10.1 Å². The number of hydrogen-bond donors (Lipinski definition) is 1. The van der Waals surface area contributed by atoms with Crippen LogP contribution in [0, 0.1) is 0 Å². The van der Waals surface area contributed by atoms with Gasteiger partial charge in [0, 0.05) is 23.9 Å². The zero-order valence-electron chi connectivity index (χ0n) is 13.9. The quantitative estimate of drug-likeness (QED) is 0.910. The molecule has 2 aromatic carbocycles. The molecule has 0 spiro atoms. The second-order valence-corrected chi connectivity index (χ2v) is 7.84. The number of benzene rings is 2. The van der Waals surface area contributed by atoms with Crippen molar-refractivity contribution in [3.63, 3.8) is 0 Å². The molecule has 0 aromatic heterocycles. The number of anilines is 2. The molecule has 1 aliphatic heterocycles. The largest absolute Gasteiger partial charge is 0.497 e. The number of nitrogens with one attached hydrogen (secondary N) is 1. The third kappa shape index (κ3) is 3.93. The maximum Gasteiger partial charge on any atom is 0.255 e. The molecule has 3 rings (SSSR count). The number of hydrogen-bond acceptors (Lipinski definition) is 4. The number of nitrogens with zero attached hydrogens (tertiary/aromatic N) is 1. The van der Waals surface area contributed by atoms with Crippen LogP contribution in [0.5, 0.6) is 5.75 Å². The monoisotopic (exact) mass is 360 g/mol. The van der Waals surface area contributed by atoms with E-state index in [1.807, 2.05) is 0 Å². The van der Waals surface area contributed by atoms with E-state index in [9.17, 15) is 13.2 Å². The maximum absolute atomic E-state index is 12.5. The number of rotatable bonds is 4. The fraction of sp³-hybridized carbons (Fsp3) is 0.278. The molecule has 1 amide bonds. The molecule has 0 bridgehead atoms. The van der Waals surface area contributed by atoms with Gasteiger partial charge in [-0.2, -0.15) is 0 Å². The van der Waals surface area contributed by atoms with Gasteiger partial charge in [0.2, 0.25) is 10.0 Å². The van der Waals surface area contributed by atoms with Crippen LogP contribution < -0.4 is 14.4 Å². The summed E-state index contributed by atoms with van der Waals surface area (Å²) in [5.74, 6) is 0.489. The highest BCUT2D eigenvalue weighted by Crippen LogP contribution is 2.25. The van der Waals surface area contributed by atoms with E-state index in [4.69, 9.17) is 4.74 Å². The highest BCUT2D eigenvalue weighted by molar-refractivity contribution is 7.92. The number of ether oxygens (including phenoxy) is 1. The fourth-order valence-corrected chi connectivity index (χ4v) is 4.42. The van der Waals surface area contributed by atoms with Crippen LogP contribution >= 0.6 is 0 Å². The van der Waals surface area contributed by atoms with Gasteiger partial charge in [0.05, 0.1) is 18.6 Å². The van der Waals surface area contributed by atoms with Crippen molar-refractivity contribution in [2.24, 2.45) is 0 Å². The van der Waals surface area contributed by atoms with Gasteiger partial charge in [0.15, 0.2) is 0 Å². The summed E-state index contributed by atoms with van der Waals surface area (Å²) in [5, 5.41) is 2.80. The van der Waals surface area contributed by atoms with Crippen molar-refractivity contribution in [2.75, 3.05) is 29.0 Å². The Balaban J connectivity index is 1.82. The van der Waals surface area contributed by atoms with E-state index in [1.165, 1.54) is 4.31 Å². The van der Waals surface area contributed by atoms with Crippen molar-refractivity contribution < 1.29 is 17.9 Å². The first-order valence-electron chi connectivity index (χ1n) is 8.05. The molecule has 0 atom stereocenters. The Morgan fingerprint density at radius 1 is 1.12 bits per heavy atom. The average molecular weight is 360 g/mol. The molecule has 1 fully saturated rings. The highest BCUT2D eigenvalue weighted by Gasteiger charge is 2.26. The van der Waals surface area contributed by atoms with Crippen LogP contribution in [0.25, 0.3) is 0 Å². The van der Waals surface area contributed by atoms with Crippen molar-refractivity contribution in [3.8, 4) is 5.75 Å². The van der Waals surface area contributed by atoms with Crippen molar-refractivity contribution >= 4 is 27.3 Å². The van der Waals surface area contributed by atoms with Crippen LogP contribution in [0.4, 0.5) is 11.4 Å². The van der Waals surface area contributed by atoms with Crippen LogP contribution in [0.3, 0.4) is 0 Å². The summed E-state index contributed by atoms with van der Waals surface area (Å²) in [6.07, 6.45) is 1.49. The molecule has 1 aliphatic rings. The summed E-state index contributed by atoms with van der Waals surface area (Å²) in [6.45, 7) is 0.448. The average Bonchev–Trinajstić information content (AvgIpc) is 2.61.